The van der Waals surface area contributed by atoms with Crippen molar-refractivity contribution in [1.82, 2.24) is 0 Å². The fourth-order valence-corrected chi connectivity index (χ4v) is 1.58. The van der Waals surface area contributed by atoms with Gasteiger partial charge in [-0.3, -0.25) is 0 Å². The molecule has 0 N–H and O–H groups in total. The van der Waals surface area contributed by atoms with Crippen molar-refractivity contribution < 1.29 is 0 Å². The lowest BCUT2D eigenvalue weighted by Gasteiger charge is -2.35. The molecule has 0 aromatic rings. The quantitative estimate of drug-likeness (QED) is 0.450. The molecule has 1 aliphatic carbocycles. The number of hydrogen-bond acceptors (Lipinski definition) is 0. The van der Waals surface area contributed by atoms with Crippen molar-refractivity contribution >= 4 is 0 Å². The van der Waals surface area contributed by atoms with E-state index in [9.17, 15) is 0 Å². The first kappa shape index (κ1) is 7.84. The smallest absolute Gasteiger partial charge is 0.0147 e. The van der Waals surface area contributed by atoms with E-state index in [0.29, 0.717) is 5.41 Å². The van der Waals surface area contributed by atoms with E-state index in [-0.39, 0.29) is 0 Å². The molecule has 0 aliphatic heterocycles. The van der Waals surface area contributed by atoms with E-state index in [1.807, 2.05) is 0 Å². The van der Waals surface area contributed by atoms with Gasteiger partial charge in [-0.15, -0.1) is 0 Å². The molecule has 0 spiro atoms. The second-order valence-electron chi connectivity index (χ2n) is 4.34. The molecule has 1 saturated carbocycles. The summed E-state index contributed by atoms with van der Waals surface area (Å²) in [6, 6.07) is 0. The van der Waals surface area contributed by atoms with Gasteiger partial charge in [-0.2, -0.15) is 0 Å². The molecule has 0 aromatic heterocycles. The molecule has 0 heterocycles. The normalized spacial score (nSPS) is 32.3. The van der Waals surface area contributed by atoms with Gasteiger partial charge < -0.3 is 0 Å². The fourth-order valence-electron chi connectivity index (χ4n) is 1.58. The maximum atomic E-state index is 4.12. The van der Waals surface area contributed by atoms with Crippen LogP contribution in [0.5, 0.6) is 0 Å². The zero-order chi connectivity index (χ0) is 7.78. The predicted molar refractivity (Wildman–Crippen MR) is 45.9 cm³/mol. The Hall–Kier alpha value is -0.260. The van der Waals surface area contributed by atoms with Gasteiger partial charge in [0, 0.05) is 0 Å². The minimum absolute atomic E-state index is 0.423. The third-order valence-corrected chi connectivity index (χ3v) is 2.81. The highest BCUT2D eigenvalue weighted by Gasteiger charge is 2.27. The maximum absolute atomic E-state index is 4.12. The van der Waals surface area contributed by atoms with Gasteiger partial charge in [0.15, 0.2) is 0 Å². The molecule has 0 bridgehead atoms. The minimum Gasteiger partial charge on any atom is -0.0993 e. The SMILES string of the molecule is C=C1CC(C)CCC1(C)C. The molecule has 1 fully saturated rings. The zero-order valence-corrected chi connectivity index (χ0v) is 7.41. The van der Waals surface area contributed by atoms with E-state index in [1.54, 1.807) is 0 Å². The highest BCUT2D eigenvalue weighted by molar-refractivity contribution is 5.10. The molecule has 0 aromatic carbocycles. The van der Waals surface area contributed by atoms with Gasteiger partial charge in [0.25, 0.3) is 0 Å². The average molecular weight is 138 g/mol. The standard InChI is InChI=1S/C10H18/c1-8-5-6-10(3,4)9(2)7-8/h8H,2,5-7H2,1,3-4H3. The lowest BCUT2D eigenvalue weighted by Crippen LogP contribution is -2.22. The Morgan fingerprint density at radius 3 is 2.50 bits per heavy atom. The first-order valence-corrected chi connectivity index (χ1v) is 4.20. The molecule has 10 heavy (non-hydrogen) atoms. The third kappa shape index (κ3) is 1.42. The first-order valence-electron chi connectivity index (χ1n) is 4.20. The Balaban J connectivity index is 2.61. The summed E-state index contributed by atoms with van der Waals surface area (Å²) in [6.07, 6.45) is 3.95. The molecule has 0 heteroatoms. The van der Waals surface area contributed by atoms with Gasteiger partial charge in [-0.25, -0.2) is 0 Å². The molecular formula is C10H18. The van der Waals surface area contributed by atoms with E-state index >= 15 is 0 Å². The fraction of sp³-hybridized carbons (Fsp3) is 0.800. The predicted octanol–water partition coefficient (Wildman–Crippen LogP) is 3.39. The average Bonchev–Trinajstić information content (AvgIpc) is 1.81. The lowest BCUT2D eigenvalue weighted by molar-refractivity contribution is 0.285. The van der Waals surface area contributed by atoms with Crippen molar-refractivity contribution in [3.05, 3.63) is 12.2 Å². The Kier molecular flexibility index (Phi) is 1.89. The molecule has 1 rings (SSSR count). The zero-order valence-electron chi connectivity index (χ0n) is 7.41. The highest BCUT2D eigenvalue weighted by atomic mass is 14.3. The summed E-state index contributed by atoms with van der Waals surface area (Å²) in [4.78, 5) is 0. The molecule has 58 valence electrons. The van der Waals surface area contributed by atoms with Crippen LogP contribution in [0.25, 0.3) is 0 Å². The molecule has 0 saturated heterocycles. The summed E-state index contributed by atoms with van der Waals surface area (Å²) in [5, 5.41) is 0. The second kappa shape index (κ2) is 2.41. The Labute approximate surface area is 64.3 Å². The number of hydrogen-bond donors (Lipinski definition) is 0. The van der Waals surface area contributed by atoms with Crippen LogP contribution in [0.4, 0.5) is 0 Å². The van der Waals surface area contributed by atoms with E-state index in [4.69, 9.17) is 0 Å². The van der Waals surface area contributed by atoms with E-state index in [1.165, 1.54) is 24.8 Å². The van der Waals surface area contributed by atoms with Crippen LogP contribution in [0.15, 0.2) is 12.2 Å². The van der Waals surface area contributed by atoms with Crippen molar-refractivity contribution in [2.75, 3.05) is 0 Å². The van der Waals surface area contributed by atoms with Crippen molar-refractivity contribution in [2.45, 2.75) is 40.0 Å². The van der Waals surface area contributed by atoms with Crippen LogP contribution < -0.4 is 0 Å². The van der Waals surface area contributed by atoms with Gasteiger partial charge in [0.1, 0.15) is 0 Å². The summed E-state index contributed by atoms with van der Waals surface area (Å²) >= 11 is 0. The van der Waals surface area contributed by atoms with Gasteiger partial charge in [0.2, 0.25) is 0 Å². The second-order valence-corrected chi connectivity index (χ2v) is 4.34. The summed E-state index contributed by atoms with van der Waals surface area (Å²) in [7, 11) is 0. The van der Waals surface area contributed by atoms with Gasteiger partial charge in [0.05, 0.1) is 0 Å². The van der Waals surface area contributed by atoms with Crippen molar-refractivity contribution in [3.63, 3.8) is 0 Å². The molecular weight excluding hydrogens is 120 g/mol. The summed E-state index contributed by atoms with van der Waals surface area (Å²) in [5.41, 5.74) is 1.87. The minimum atomic E-state index is 0.423. The molecule has 0 amide bonds. The maximum Gasteiger partial charge on any atom is -0.0147 e. The lowest BCUT2D eigenvalue weighted by atomic mass is 9.70. The molecule has 1 unspecified atom stereocenters. The van der Waals surface area contributed by atoms with Crippen LogP contribution in [0.2, 0.25) is 0 Å². The van der Waals surface area contributed by atoms with E-state index in [2.05, 4.69) is 27.4 Å². The molecule has 0 radical (unpaired) electrons. The van der Waals surface area contributed by atoms with Crippen molar-refractivity contribution in [3.8, 4) is 0 Å². The summed E-state index contributed by atoms with van der Waals surface area (Å²) in [6.45, 7) is 11.1. The Bertz CT molecular complexity index is 142. The summed E-state index contributed by atoms with van der Waals surface area (Å²) < 4.78 is 0. The van der Waals surface area contributed by atoms with Crippen LogP contribution in [-0.2, 0) is 0 Å². The molecule has 1 aliphatic rings. The number of allylic oxidation sites excluding steroid dienone is 1. The van der Waals surface area contributed by atoms with Crippen LogP contribution in [0, 0.1) is 11.3 Å². The van der Waals surface area contributed by atoms with E-state index < -0.39 is 0 Å². The highest BCUT2D eigenvalue weighted by Crippen LogP contribution is 2.41. The van der Waals surface area contributed by atoms with E-state index in [0.717, 1.165) is 5.92 Å². The van der Waals surface area contributed by atoms with Gasteiger partial charge >= 0.3 is 0 Å². The van der Waals surface area contributed by atoms with Gasteiger partial charge in [-0.1, -0.05) is 32.9 Å². The third-order valence-electron chi connectivity index (χ3n) is 2.81. The Morgan fingerprint density at radius 1 is 1.50 bits per heavy atom. The van der Waals surface area contributed by atoms with Crippen molar-refractivity contribution in [2.24, 2.45) is 11.3 Å². The van der Waals surface area contributed by atoms with Crippen LogP contribution >= 0.6 is 0 Å². The summed E-state index contributed by atoms with van der Waals surface area (Å²) in [5.74, 6) is 0.875. The van der Waals surface area contributed by atoms with Gasteiger partial charge in [-0.05, 0) is 30.6 Å². The van der Waals surface area contributed by atoms with Crippen LogP contribution in [-0.4, -0.2) is 0 Å². The Morgan fingerprint density at radius 2 is 2.10 bits per heavy atom. The first-order chi connectivity index (χ1) is 4.52. The largest absolute Gasteiger partial charge is 0.0993 e. The number of rotatable bonds is 0. The monoisotopic (exact) mass is 138 g/mol. The van der Waals surface area contributed by atoms with Crippen molar-refractivity contribution in [1.29, 1.82) is 0 Å². The molecule has 1 atom stereocenters. The topological polar surface area (TPSA) is 0 Å². The molecule has 0 nitrogen and oxygen atoms in total. The van der Waals surface area contributed by atoms with Crippen LogP contribution in [0.3, 0.4) is 0 Å². The van der Waals surface area contributed by atoms with Crippen LogP contribution in [0.1, 0.15) is 40.0 Å².